The van der Waals surface area contributed by atoms with Gasteiger partial charge in [0.05, 0.1) is 0 Å². The molecule has 0 aliphatic heterocycles. The molecule has 0 rings (SSSR count). The molecule has 0 spiro atoms. The summed E-state index contributed by atoms with van der Waals surface area (Å²) in [5.41, 5.74) is 0. The minimum atomic E-state index is -5.62. The van der Waals surface area contributed by atoms with E-state index in [9.17, 15) is 0 Å². The van der Waals surface area contributed by atoms with Crippen LogP contribution in [0.25, 0.3) is 0 Å². The second-order valence-electron chi connectivity index (χ2n) is 0.378. The first-order chi connectivity index (χ1) is 2.00. The quantitative estimate of drug-likeness (QED) is 0.334. The van der Waals surface area contributed by atoms with E-state index in [1.807, 2.05) is 0 Å². The predicted octanol–water partition coefficient (Wildman–Crippen LogP) is -8.61. The molecule has 0 aromatic heterocycles. The van der Waals surface area contributed by atoms with Gasteiger partial charge >= 0.3 is 99.7 Å². The van der Waals surface area contributed by atoms with E-state index in [-0.39, 0.29) is 70.2 Å². The second kappa shape index (κ2) is 6.39. The molecule has 0 saturated heterocycles. The Hall–Kier alpha value is 2.27. The van der Waals surface area contributed by atoms with Crippen molar-refractivity contribution in [2.75, 3.05) is 0 Å². The van der Waals surface area contributed by atoms with Crippen LogP contribution in [0.1, 0.15) is 0 Å². The van der Waals surface area contributed by atoms with Gasteiger partial charge in [0.2, 0.25) is 0 Å². The van der Waals surface area contributed by atoms with Crippen molar-refractivity contribution >= 4 is 0 Å². The monoisotopic (exact) mass is 165 g/mol. The Morgan fingerprint density at radius 3 is 1.14 bits per heavy atom. The summed E-state index contributed by atoms with van der Waals surface area (Å²) in [6, 6.07) is 0. The zero-order valence-electron chi connectivity index (χ0n) is 4.01. The van der Waals surface area contributed by atoms with Crippen LogP contribution in [-0.4, -0.2) is 0 Å². The van der Waals surface area contributed by atoms with Crippen LogP contribution in [0.5, 0.6) is 0 Å². The van der Waals surface area contributed by atoms with Crippen molar-refractivity contribution in [2.45, 2.75) is 0 Å². The normalized spacial score (nSPS) is 8.29. The van der Waals surface area contributed by atoms with Crippen LogP contribution < -0.4 is 78.6 Å². The Kier molecular flexibility index (Phi) is 14.7. The molecule has 7 heavy (non-hydrogen) atoms. The van der Waals surface area contributed by atoms with Gasteiger partial charge in [-0.15, -0.1) is 0 Å². The predicted molar refractivity (Wildman–Crippen MR) is 1.37 cm³/mol. The van der Waals surface area contributed by atoms with E-state index < -0.39 is 13.4 Å². The Morgan fingerprint density at radius 1 is 1.14 bits per heavy atom. The molecule has 0 amide bonds. The first-order valence-electron chi connectivity index (χ1n) is 0.617. The third-order valence-electron chi connectivity index (χ3n) is 0. The molecule has 4 nitrogen and oxygen atoms in total. The van der Waals surface area contributed by atoms with Gasteiger partial charge in [0.1, 0.15) is 0 Å². The summed E-state index contributed by atoms with van der Waals surface area (Å²) in [6.07, 6.45) is 0. The second-order valence-corrected chi connectivity index (χ2v) is 1.56. The summed E-state index contributed by atoms with van der Waals surface area (Å²) < 4.78 is 34.3. The maximum absolute atomic E-state index is 8.58. The Bertz CT molecular complexity index is 94.9. The van der Waals surface area contributed by atoms with E-state index in [0.29, 0.717) is 0 Å². The topological polar surface area (TPSA) is 80.3 Å². The molecule has 0 aliphatic carbocycles. The zero-order valence-corrected chi connectivity index (χ0v) is 8.31. The van der Waals surface area contributed by atoms with Crippen molar-refractivity contribution in [3.05, 3.63) is 0 Å². The van der Waals surface area contributed by atoms with Crippen LogP contribution in [0.4, 0.5) is 0 Å². The summed E-state index contributed by atoms with van der Waals surface area (Å²) in [7, 11) is 0. The third-order valence-corrected chi connectivity index (χ3v) is 0. The molecule has 7 heteroatoms. The molecule has 0 atom stereocenters. The molecule has 0 aliphatic rings. The third kappa shape index (κ3) is 63.0. The average Bonchev–Trinajstić information content (AvgIpc) is 0.722. The van der Waals surface area contributed by atoms with E-state index in [1.54, 1.807) is 0 Å². The summed E-state index contributed by atoms with van der Waals surface area (Å²) in [4.78, 5) is 0. The first kappa shape index (κ1) is 16.1. The van der Waals surface area contributed by atoms with Gasteiger partial charge in [-0.1, -0.05) is 0 Å². The molecule has 0 aromatic carbocycles. The minimum absolute atomic E-state index is 0. The molecular weight excluding hydrogens is 165 g/mol. The van der Waals surface area contributed by atoms with E-state index in [4.69, 9.17) is 16.0 Å². The summed E-state index contributed by atoms with van der Waals surface area (Å²) >= 11 is -5.62. The Balaban J connectivity index is -0.0000000800. The van der Waals surface area contributed by atoms with Gasteiger partial charge in [0.25, 0.3) is 0 Å². The van der Waals surface area contributed by atoms with Crippen LogP contribution >= 0.6 is 0 Å². The molecule has 0 heterocycles. The number of rotatable bonds is 0. The van der Waals surface area contributed by atoms with Gasteiger partial charge in [0.15, 0.2) is 0 Å². The van der Waals surface area contributed by atoms with E-state index in [2.05, 4.69) is 0 Å². The summed E-state index contributed by atoms with van der Waals surface area (Å²) in [5, 5.41) is 0. The van der Waals surface area contributed by atoms with Crippen molar-refractivity contribution in [2.24, 2.45) is 0 Å². The maximum atomic E-state index is 8.58. The fourth-order valence-electron chi connectivity index (χ4n) is 0. The Morgan fingerprint density at radius 2 is 1.14 bits per heavy atom. The van der Waals surface area contributed by atoms with E-state index in [0.717, 1.165) is 0 Å². The standard InChI is InChI=1S/K.Li.Mn.4O/q2*+1;;;;2*-1. The number of hydrogen-bond acceptors (Lipinski definition) is 4. The zero-order chi connectivity index (χ0) is 4.50. The van der Waals surface area contributed by atoms with Crippen molar-refractivity contribution in [3.8, 4) is 0 Å². The van der Waals surface area contributed by atoms with Crippen LogP contribution in [0.15, 0.2) is 0 Å². The number of hydrogen-bond donors (Lipinski definition) is 0. The van der Waals surface area contributed by atoms with Crippen LogP contribution in [0.2, 0.25) is 0 Å². The fourth-order valence-corrected chi connectivity index (χ4v) is 0. The van der Waals surface area contributed by atoms with Gasteiger partial charge in [-0.25, -0.2) is 0 Å². The molecule has 0 bridgehead atoms. The van der Waals surface area contributed by atoms with Gasteiger partial charge in [-0.3, -0.25) is 0 Å². The van der Waals surface area contributed by atoms with Crippen molar-refractivity contribution in [3.63, 3.8) is 0 Å². The molecule has 33 valence electrons. The fraction of sp³-hybridized carbons (Fsp3) is 0. The van der Waals surface area contributed by atoms with E-state index >= 15 is 0 Å². The van der Waals surface area contributed by atoms with Gasteiger partial charge in [0, 0.05) is 0 Å². The van der Waals surface area contributed by atoms with Gasteiger partial charge < -0.3 is 0 Å². The van der Waals surface area contributed by atoms with Crippen LogP contribution in [0, 0.1) is 0 Å². The van der Waals surface area contributed by atoms with Gasteiger partial charge in [-0.05, 0) is 0 Å². The van der Waals surface area contributed by atoms with Gasteiger partial charge in [-0.2, -0.15) is 0 Å². The van der Waals surface area contributed by atoms with E-state index in [1.165, 1.54) is 0 Å². The molecule has 0 aromatic rings. The SMILES string of the molecule is [K+].[Li+].[O]=[Mn](=[O])([O-])[O-]. The van der Waals surface area contributed by atoms with Crippen molar-refractivity contribution in [1.29, 1.82) is 0 Å². The van der Waals surface area contributed by atoms with Crippen molar-refractivity contribution < 1.29 is 99.7 Å². The van der Waals surface area contributed by atoms with Crippen LogP contribution in [-0.2, 0) is 21.0 Å². The van der Waals surface area contributed by atoms with Crippen molar-refractivity contribution in [1.82, 2.24) is 0 Å². The average molecular weight is 165 g/mol. The molecule has 0 unspecified atom stereocenters. The summed E-state index contributed by atoms with van der Waals surface area (Å²) in [6.45, 7) is 0. The molecule has 0 radical (unpaired) electrons. The molecular formula is KLiMnO4. The molecule has 0 fully saturated rings. The Labute approximate surface area is 97.5 Å². The molecule has 0 saturated carbocycles. The summed E-state index contributed by atoms with van der Waals surface area (Å²) in [5.74, 6) is 0. The van der Waals surface area contributed by atoms with Crippen LogP contribution in [0.3, 0.4) is 0 Å². The molecule has 0 N–H and O–H groups in total. The first-order valence-corrected chi connectivity index (χ1v) is 2.54.